The predicted molar refractivity (Wildman–Crippen MR) is 60.1 cm³/mol. The van der Waals surface area contributed by atoms with Crippen molar-refractivity contribution < 1.29 is 23.9 Å². The van der Waals surface area contributed by atoms with Crippen LogP contribution in [0.15, 0.2) is 12.7 Å². The van der Waals surface area contributed by atoms with E-state index < -0.39 is 25.3 Å². The molecule has 0 saturated heterocycles. The van der Waals surface area contributed by atoms with Crippen molar-refractivity contribution in [3.05, 3.63) is 12.7 Å². The third kappa shape index (κ3) is 6.74. The summed E-state index contributed by atoms with van der Waals surface area (Å²) < 4.78 is 15.3. The second-order valence-corrected chi connectivity index (χ2v) is 5.60. The monoisotopic (exact) mass is 251 g/mol. The molecule has 0 aliphatic rings. The minimum absolute atomic E-state index is 0.289. The molecule has 94 valence electrons. The highest BCUT2D eigenvalue weighted by molar-refractivity contribution is 7.51. The minimum atomic E-state index is -4.11. The Balaban J connectivity index is 4.05. The fourth-order valence-electron chi connectivity index (χ4n) is 0.837. The zero-order valence-electron chi connectivity index (χ0n) is 9.47. The lowest BCUT2D eigenvalue weighted by molar-refractivity contribution is -0.149. The number of hydrogen-bond acceptors (Lipinski definition) is 4. The van der Waals surface area contributed by atoms with Gasteiger partial charge < -0.3 is 14.5 Å². The zero-order valence-corrected chi connectivity index (χ0v) is 10.4. The lowest BCUT2D eigenvalue weighted by atomic mass is 10.1. The van der Waals surface area contributed by atoms with Crippen LogP contribution >= 0.6 is 7.60 Å². The molecule has 0 bridgehead atoms. The maximum absolute atomic E-state index is 11.5. The maximum atomic E-state index is 11.5. The van der Waals surface area contributed by atoms with E-state index in [2.05, 4.69) is 11.9 Å². The first kappa shape index (κ1) is 15.3. The van der Waals surface area contributed by atoms with Gasteiger partial charge in [-0.05, 0) is 13.8 Å². The first-order valence-electron chi connectivity index (χ1n) is 4.77. The molecule has 0 aromatic carbocycles. The van der Waals surface area contributed by atoms with Gasteiger partial charge in [0.05, 0.1) is 6.16 Å². The van der Waals surface area contributed by atoms with Crippen molar-refractivity contribution in [2.24, 2.45) is 0 Å². The first-order chi connectivity index (χ1) is 7.19. The van der Waals surface area contributed by atoms with E-state index in [-0.39, 0.29) is 6.61 Å². The van der Waals surface area contributed by atoms with Gasteiger partial charge in [-0.2, -0.15) is 0 Å². The van der Waals surface area contributed by atoms with E-state index in [1.807, 2.05) is 0 Å². The van der Waals surface area contributed by atoms with Gasteiger partial charge in [0.25, 0.3) is 0 Å². The lowest BCUT2D eigenvalue weighted by Gasteiger charge is -2.23. The van der Waals surface area contributed by atoms with Crippen LogP contribution < -0.4 is 5.32 Å². The Morgan fingerprint density at radius 3 is 2.56 bits per heavy atom. The van der Waals surface area contributed by atoms with E-state index in [1.165, 1.54) is 0 Å². The number of rotatable bonds is 7. The molecule has 3 N–H and O–H groups in total. The van der Waals surface area contributed by atoms with Gasteiger partial charge in [0, 0.05) is 6.54 Å². The third-order valence-electron chi connectivity index (χ3n) is 1.81. The molecule has 0 aliphatic carbocycles. The van der Waals surface area contributed by atoms with E-state index in [9.17, 15) is 9.36 Å². The third-order valence-corrected chi connectivity index (χ3v) is 2.58. The summed E-state index contributed by atoms with van der Waals surface area (Å²) in [6.07, 6.45) is 1.14. The maximum Gasteiger partial charge on any atom is 0.328 e. The molecule has 0 amide bonds. The topological polar surface area (TPSA) is 95.9 Å². The highest BCUT2D eigenvalue weighted by atomic mass is 31.2. The molecule has 0 spiro atoms. The molecule has 0 saturated carbocycles. The van der Waals surface area contributed by atoms with Crippen LogP contribution in [0.1, 0.15) is 13.8 Å². The van der Waals surface area contributed by atoms with Crippen LogP contribution in [-0.4, -0.2) is 40.6 Å². The summed E-state index contributed by atoms with van der Waals surface area (Å²) >= 11 is 0. The molecule has 0 aromatic heterocycles. The average Bonchev–Trinajstić information content (AvgIpc) is 2.12. The summed E-state index contributed by atoms with van der Waals surface area (Å²) in [7, 11) is -4.11. The van der Waals surface area contributed by atoms with Gasteiger partial charge in [0.1, 0.15) is 12.1 Å². The van der Waals surface area contributed by atoms with E-state index in [0.717, 1.165) is 0 Å². The Bertz CT molecular complexity index is 296. The van der Waals surface area contributed by atoms with Crippen molar-refractivity contribution in [3.63, 3.8) is 0 Å². The Kier molecular flexibility index (Phi) is 5.89. The Morgan fingerprint density at radius 2 is 2.12 bits per heavy atom. The number of nitrogens with one attached hydrogen (secondary N) is 1. The van der Waals surface area contributed by atoms with E-state index in [4.69, 9.17) is 14.5 Å². The molecular formula is C9H18NO5P. The molecular weight excluding hydrogens is 233 g/mol. The van der Waals surface area contributed by atoms with Crippen molar-refractivity contribution in [1.82, 2.24) is 5.32 Å². The van der Waals surface area contributed by atoms with Gasteiger partial charge in [-0.1, -0.05) is 6.08 Å². The summed E-state index contributed by atoms with van der Waals surface area (Å²) in [4.78, 5) is 28.6. The molecule has 16 heavy (non-hydrogen) atoms. The van der Waals surface area contributed by atoms with Crippen molar-refractivity contribution >= 4 is 13.6 Å². The minimum Gasteiger partial charge on any atom is -0.464 e. The summed E-state index contributed by atoms with van der Waals surface area (Å²) in [5, 5.41) is 2.87. The predicted octanol–water partition coefficient (Wildman–Crippen LogP) is 0.261. The smallest absolute Gasteiger partial charge is 0.328 e. The van der Waals surface area contributed by atoms with Crippen LogP contribution in [-0.2, 0) is 14.1 Å². The molecule has 6 nitrogen and oxygen atoms in total. The second kappa shape index (κ2) is 6.15. The quantitative estimate of drug-likeness (QED) is 0.341. The Hall–Kier alpha value is -0.680. The standard InChI is InChI=1S/C9H18NO5P/c1-4-5-10-9(2,3)8(11)15-6-7-16(12,13)14/h4,10H,1,5-7H2,2-3H3,(H2,12,13,14). The average molecular weight is 251 g/mol. The number of carbonyl (C=O) groups is 1. The van der Waals surface area contributed by atoms with E-state index >= 15 is 0 Å². The van der Waals surface area contributed by atoms with Crippen molar-refractivity contribution in [1.29, 1.82) is 0 Å². The first-order valence-corrected chi connectivity index (χ1v) is 6.56. The highest BCUT2D eigenvalue weighted by Gasteiger charge is 2.28. The summed E-state index contributed by atoms with van der Waals surface area (Å²) in [5.74, 6) is -0.553. The van der Waals surface area contributed by atoms with Gasteiger partial charge in [-0.3, -0.25) is 14.7 Å². The number of hydrogen-bond donors (Lipinski definition) is 3. The fourth-order valence-corrected chi connectivity index (χ4v) is 1.17. The summed E-state index contributed by atoms with van der Waals surface area (Å²) in [6, 6.07) is 0. The van der Waals surface area contributed by atoms with Crippen LogP contribution in [0.5, 0.6) is 0 Å². The van der Waals surface area contributed by atoms with E-state index in [0.29, 0.717) is 6.54 Å². The zero-order chi connectivity index (χ0) is 12.8. The van der Waals surface area contributed by atoms with Gasteiger partial charge in [0.2, 0.25) is 0 Å². The van der Waals surface area contributed by atoms with Crippen LogP contribution in [0.25, 0.3) is 0 Å². The largest absolute Gasteiger partial charge is 0.464 e. The molecule has 0 aliphatic heterocycles. The molecule has 0 rings (SSSR count). The number of ether oxygens (including phenoxy) is 1. The number of carbonyl (C=O) groups excluding carboxylic acids is 1. The van der Waals surface area contributed by atoms with E-state index in [1.54, 1.807) is 19.9 Å². The lowest BCUT2D eigenvalue weighted by Crippen LogP contribution is -2.48. The Morgan fingerprint density at radius 1 is 1.56 bits per heavy atom. The molecule has 0 heterocycles. The van der Waals surface area contributed by atoms with Crippen molar-refractivity contribution in [3.8, 4) is 0 Å². The molecule has 0 atom stereocenters. The molecule has 0 fully saturated rings. The fraction of sp³-hybridized carbons (Fsp3) is 0.667. The number of esters is 1. The van der Waals surface area contributed by atoms with Crippen LogP contribution in [0.3, 0.4) is 0 Å². The van der Waals surface area contributed by atoms with Gasteiger partial charge in [0.15, 0.2) is 0 Å². The Labute approximate surface area is 94.8 Å². The van der Waals surface area contributed by atoms with Crippen molar-refractivity contribution in [2.45, 2.75) is 19.4 Å². The van der Waals surface area contributed by atoms with Crippen LogP contribution in [0.4, 0.5) is 0 Å². The van der Waals surface area contributed by atoms with Crippen molar-refractivity contribution in [2.75, 3.05) is 19.3 Å². The molecule has 7 heteroatoms. The normalized spacial score (nSPS) is 12.2. The summed E-state index contributed by atoms with van der Waals surface area (Å²) in [6.45, 7) is 6.90. The molecule has 0 radical (unpaired) electrons. The summed E-state index contributed by atoms with van der Waals surface area (Å²) in [5.41, 5.74) is -0.900. The SMILES string of the molecule is C=CCNC(C)(C)C(=O)OCCP(=O)(O)O. The second-order valence-electron chi connectivity index (χ2n) is 3.82. The highest BCUT2D eigenvalue weighted by Crippen LogP contribution is 2.33. The van der Waals surface area contributed by atoms with Gasteiger partial charge >= 0.3 is 13.6 Å². The van der Waals surface area contributed by atoms with Gasteiger partial charge in [-0.25, -0.2) is 0 Å². The molecule has 0 aromatic rings. The molecule has 0 unspecified atom stereocenters. The van der Waals surface area contributed by atoms with Crippen LogP contribution in [0.2, 0.25) is 0 Å². The van der Waals surface area contributed by atoms with Crippen LogP contribution in [0, 0.1) is 0 Å². The van der Waals surface area contributed by atoms with Gasteiger partial charge in [-0.15, -0.1) is 6.58 Å².